The van der Waals surface area contributed by atoms with Gasteiger partial charge in [-0.2, -0.15) is 0 Å². The Morgan fingerprint density at radius 3 is 3.00 bits per heavy atom. The van der Waals surface area contributed by atoms with Crippen molar-refractivity contribution in [3.8, 4) is 0 Å². The predicted octanol–water partition coefficient (Wildman–Crippen LogP) is 0.736. The Labute approximate surface area is 117 Å². The molecule has 2 unspecified atom stereocenters. The molecule has 0 saturated carbocycles. The molecule has 1 aromatic heterocycles. The molecule has 0 amide bonds. The molecule has 2 rings (SSSR count). The summed E-state index contributed by atoms with van der Waals surface area (Å²) in [6.45, 7) is 2.85. The second-order valence-corrected chi connectivity index (χ2v) is 6.77. The van der Waals surface area contributed by atoms with Gasteiger partial charge >= 0.3 is 0 Å². The first-order valence-electron chi connectivity index (χ1n) is 6.07. The van der Waals surface area contributed by atoms with E-state index in [2.05, 4.69) is 15.0 Å². The van der Waals surface area contributed by atoms with E-state index >= 15 is 0 Å². The van der Waals surface area contributed by atoms with Crippen LogP contribution in [0.15, 0.2) is 17.2 Å². The summed E-state index contributed by atoms with van der Waals surface area (Å²) in [6.07, 6.45) is 3.04. The summed E-state index contributed by atoms with van der Waals surface area (Å²) in [5.41, 5.74) is 5.61. The summed E-state index contributed by atoms with van der Waals surface area (Å²) in [5.74, 6) is -0.0479. The van der Waals surface area contributed by atoms with Crippen LogP contribution in [0.3, 0.4) is 0 Å². The van der Waals surface area contributed by atoms with Crippen LogP contribution in [0.2, 0.25) is 5.02 Å². The van der Waals surface area contributed by atoms with Gasteiger partial charge in [0.05, 0.1) is 5.02 Å². The van der Waals surface area contributed by atoms with Crippen molar-refractivity contribution in [3.05, 3.63) is 17.3 Å². The first kappa shape index (κ1) is 14.5. The van der Waals surface area contributed by atoms with Gasteiger partial charge < -0.3 is 11.1 Å². The second-order valence-electron chi connectivity index (χ2n) is 4.65. The number of nitrogens with one attached hydrogen (secondary N) is 2. The van der Waals surface area contributed by atoms with Crippen molar-refractivity contribution in [1.82, 2.24) is 15.0 Å². The highest BCUT2D eigenvalue weighted by molar-refractivity contribution is 7.89. The predicted molar refractivity (Wildman–Crippen MR) is 74.5 cm³/mol. The van der Waals surface area contributed by atoms with Crippen LogP contribution in [-0.2, 0) is 10.0 Å². The molecule has 1 fully saturated rings. The van der Waals surface area contributed by atoms with E-state index < -0.39 is 10.0 Å². The maximum atomic E-state index is 12.3. The number of nitrogen functional groups attached to an aromatic ring is 1. The Kier molecular flexibility index (Phi) is 4.29. The van der Waals surface area contributed by atoms with Gasteiger partial charge in [-0.05, 0) is 32.4 Å². The SMILES string of the molecule is CC1NCCCC1NS(=O)(=O)c1cc(Cl)cnc1N. The molecule has 1 aliphatic rings. The lowest BCUT2D eigenvalue weighted by molar-refractivity contribution is 0.349. The van der Waals surface area contributed by atoms with Crippen molar-refractivity contribution >= 4 is 27.4 Å². The summed E-state index contributed by atoms with van der Waals surface area (Å²) in [6, 6.07) is 1.24. The smallest absolute Gasteiger partial charge is 0.244 e. The van der Waals surface area contributed by atoms with Crippen LogP contribution >= 0.6 is 11.6 Å². The molecule has 8 heteroatoms. The van der Waals surface area contributed by atoms with Crippen molar-refractivity contribution in [3.63, 3.8) is 0 Å². The van der Waals surface area contributed by atoms with E-state index in [9.17, 15) is 8.42 Å². The minimum Gasteiger partial charge on any atom is -0.383 e. The van der Waals surface area contributed by atoms with Crippen LogP contribution in [0.25, 0.3) is 0 Å². The molecule has 19 heavy (non-hydrogen) atoms. The third-order valence-corrected chi connectivity index (χ3v) is 4.93. The number of hydrogen-bond donors (Lipinski definition) is 3. The molecule has 6 nitrogen and oxygen atoms in total. The fourth-order valence-corrected chi connectivity index (χ4v) is 3.79. The van der Waals surface area contributed by atoms with Crippen LogP contribution in [0.5, 0.6) is 0 Å². The third kappa shape index (κ3) is 3.36. The first-order valence-corrected chi connectivity index (χ1v) is 7.93. The van der Waals surface area contributed by atoms with Crippen molar-refractivity contribution in [1.29, 1.82) is 0 Å². The zero-order valence-electron chi connectivity index (χ0n) is 10.6. The average Bonchev–Trinajstić information content (AvgIpc) is 2.35. The molecule has 1 aromatic rings. The van der Waals surface area contributed by atoms with E-state index in [4.69, 9.17) is 17.3 Å². The van der Waals surface area contributed by atoms with E-state index in [0.29, 0.717) is 0 Å². The molecule has 0 spiro atoms. The fraction of sp³-hybridized carbons (Fsp3) is 0.545. The van der Waals surface area contributed by atoms with E-state index in [1.165, 1.54) is 12.3 Å². The van der Waals surface area contributed by atoms with Crippen LogP contribution in [0, 0.1) is 0 Å². The second kappa shape index (κ2) is 5.62. The van der Waals surface area contributed by atoms with Gasteiger partial charge in [-0.25, -0.2) is 18.1 Å². The minimum absolute atomic E-state index is 0.0479. The number of nitrogens with zero attached hydrogens (tertiary/aromatic N) is 1. The monoisotopic (exact) mass is 304 g/mol. The van der Waals surface area contributed by atoms with E-state index in [-0.39, 0.29) is 27.8 Å². The highest BCUT2D eigenvalue weighted by atomic mass is 35.5. The molecule has 2 atom stereocenters. The summed E-state index contributed by atoms with van der Waals surface area (Å²) < 4.78 is 27.3. The van der Waals surface area contributed by atoms with Crippen LogP contribution in [0.4, 0.5) is 5.82 Å². The summed E-state index contributed by atoms with van der Waals surface area (Å²) >= 11 is 5.77. The number of anilines is 1. The number of aromatic nitrogens is 1. The van der Waals surface area contributed by atoms with Gasteiger partial charge in [0.1, 0.15) is 10.7 Å². The van der Waals surface area contributed by atoms with Crippen LogP contribution in [-0.4, -0.2) is 32.0 Å². The van der Waals surface area contributed by atoms with Crippen molar-refractivity contribution in [2.24, 2.45) is 0 Å². The maximum absolute atomic E-state index is 12.3. The lowest BCUT2D eigenvalue weighted by atomic mass is 10.0. The number of pyridine rings is 1. The number of nitrogens with two attached hydrogens (primary N) is 1. The highest BCUT2D eigenvalue weighted by Crippen LogP contribution is 2.21. The van der Waals surface area contributed by atoms with Crippen molar-refractivity contribution < 1.29 is 8.42 Å². The van der Waals surface area contributed by atoms with Gasteiger partial charge in [0.15, 0.2) is 0 Å². The van der Waals surface area contributed by atoms with Gasteiger partial charge in [-0.1, -0.05) is 11.6 Å². The average molecular weight is 305 g/mol. The quantitative estimate of drug-likeness (QED) is 0.765. The molecule has 0 aliphatic carbocycles. The van der Waals surface area contributed by atoms with Gasteiger partial charge in [-0.3, -0.25) is 0 Å². The van der Waals surface area contributed by atoms with Crippen molar-refractivity contribution in [2.45, 2.75) is 36.7 Å². The molecular formula is C11H17ClN4O2S. The number of rotatable bonds is 3. The molecular weight excluding hydrogens is 288 g/mol. The van der Waals surface area contributed by atoms with Gasteiger partial charge in [0.2, 0.25) is 10.0 Å². The molecule has 106 valence electrons. The zero-order chi connectivity index (χ0) is 14.0. The standard InChI is InChI=1S/C11H17ClN4O2S/c1-7-9(3-2-4-14-7)16-19(17,18)10-5-8(12)6-15-11(10)13/h5-7,9,14,16H,2-4H2,1H3,(H2,13,15). The third-order valence-electron chi connectivity index (χ3n) is 3.21. The summed E-state index contributed by atoms with van der Waals surface area (Å²) in [5, 5.41) is 3.47. The lowest BCUT2D eigenvalue weighted by Gasteiger charge is -2.30. The van der Waals surface area contributed by atoms with Gasteiger partial charge in [0, 0.05) is 18.3 Å². The van der Waals surface area contributed by atoms with E-state index in [1.54, 1.807) is 0 Å². The molecule has 1 saturated heterocycles. The van der Waals surface area contributed by atoms with E-state index in [1.807, 2.05) is 6.92 Å². The Hall–Kier alpha value is -0.890. The Balaban J connectivity index is 2.24. The van der Waals surface area contributed by atoms with Crippen LogP contribution < -0.4 is 15.8 Å². The number of halogens is 1. The molecule has 1 aliphatic heterocycles. The van der Waals surface area contributed by atoms with Gasteiger partial charge in [0.25, 0.3) is 0 Å². The lowest BCUT2D eigenvalue weighted by Crippen LogP contribution is -2.51. The summed E-state index contributed by atoms with van der Waals surface area (Å²) in [7, 11) is -3.71. The topological polar surface area (TPSA) is 97.1 Å². The molecule has 2 heterocycles. The zero-order valence-corrected chi connectivity index (χ0v) is 12.1. The molecule has 4 N–H and O–H groups in total. The minimum atomic E-state index is -3.71. The van der Waals surface area contributed by atoms with E-state index in [0.717, 1.165) is 19.4 Å². The van der Waals surface area contributed by atoms with Gasteiger partial charge in [-0.15, -0.1) is 0 Å². The number of sulfonamides is 1. The molecule has 0 radical (unpaired) electrons. The fourth-order valence-electron chi connectivity index (χ4n) is 2.11. The highest BCUT2D eigenvalue weighted by Gasteiger charge is 2.28. The Morgan fingerprint density at radius 1 is 1.58 bits per heavy atom. The Morgan fingerprint density at radius 2 is 2.32 bits per heavy atom. The largest absolute Gasteiger partial charge is 0.383 e. The first-order chi connectivity index (χ1) is 8.90. The van der Waals surface area contributed by atoms with Crippen molar-refractivity contribution in [2.75, 3.05) is 12.3 Å². The maximum Gasteiger partial charge on any atom is 0.244 e. The summed E-state index contributed by atoms with van der Waals surface area (Å²) in [4.78, 5) is 3.70. The Bertz CT molecular complexity index is 564. The number of hydrogen-bond acceptors (Lipinski definition) is 5. The number of piperidine rings is 1. The normalized spacial score (nSPS) is 24.3. The molecule has 0 bridgehead atoms. The van der Waals surface area contributed by atoms with Crippen LogP contribution in [0.1, 0.15) is 19.8 Å². The molecule has 0 aromatic carbocycles.